The normalized spacial score (nSPS) is 11.6. The zero-order valence-electron chi connectivity index (χ0n) is 22.5. The molecular weight excluding hydrogens is 550 g/mol. The average molecular weight is 579 g/mol. The molecule has 0 aliphatic rings. The van der Waals surface area contributed by atoms with Crippen LogP contribution in [0, 0.1) is 11.6 Å². The molecule has 12 heteroatoms. The van der Waals surface area contributed by atoms with Gasteiger partial charge in [0.25, 0.3) is 0 Å². The van der Waals surface area contributed by atoms with Gasteiger partial charge < -0.3 is 10.1 Å². The van der Waals surface area contributed by atoms with Crippen molar-refractivity contribution in [1.29, 1.82) is 0 Å². The molecule has 41 heavy (non-hydrogen) atoms. The largest absolute Gasteiger partial charge is 0.493 e. The fourth-order valence-corrected chi connectivity index (χ4v) is 4.87. The van der Waals surface area contributed by atoms with E-state index in [0.717, 1.165) is 0 Å². The summed E-state index contributed by atoms with van der Waals surface area (Å²) in [5.41, 5.74) is 2.22. The minimum atomic E-state index is -3.22. The molecule has 0 bridgehead atoms. The number of rotatable bonds is 11. The number of anilines is 2. The van der Waals surface area contributed by atoms with Crippen molar-refractivity contribution in [1.82, 2.24) is 24.7 Å². The highest BCUT2D eigenvalue weighted by Crippen LogP contribution is 2.30. The molecule has 3 aromatic heterocycles. The van der Waals surface area contributed by atoms with Crippen molar-refractivity contribution in [2.75, 3.05) is 23.9 Å². The Bertz CT molecular complexity index is 1770. The van der Waals surface area contributed by atoms with Crippen molar-refractivity contribution in [3.63, 3.8) is 0 Å². The maximum atomic E-state index is 15.0. The van der Waals surface area contributed by atoms with Crippen LogP contribution in [-0.2, 0) is 22.8 Å². The number of halogens is 2. The van der Waals surface area contributed by atoms with Gasteiger partial charge in [-0.05, 0) is 31.0 Å². The summed E-state index contributed by atoms with van der Waals surface area (Å²) in [5, 5.41) is 8.57. The van der Waals surface area contributed by atoms with Gasteiger partial charge in [-0.3, -0.25) is 9.67 Å². The summed E-state index contributed by atoms with van der Waals surface area (Å²) in [6, 6.07) is 13.1. The number of benzene rings is 2. The molecule has 0 saturated heterocycles. The Balaban J connectivity index is 1.54. The number of nitrogens with zero attached hydrogens (tertiary/aromatic N) is 5. The second-order valence-corrected chi connectivity index (χ2v) is 11.8. The predicted octanol–water partition coefficient (Wildman–Crippen LogP) is 5.33. The van der Waals surface area contributed by atoms with Crippen LogP contribution >= 0.6 is 0 Å². The smallest absolute Gasteiger partial charge is 0.182 e. The van der Waals surface area contributed by atoms with Crippen LogP contribution in [0.4, 0.5) is 20.3 Å². The van der Waals surface area contributed by atoms with Crippen LogP contribution in [0.25, 0.3) is 22.4 Å². The van der Waals surface area contributed by atoms with E-state index in [4.69, 9.17) is 9.72 Å². The van der Waals surface area contributed by atoms with Crippen LogP contribution < -0.4 is 10.1 Å². The second-order valence-electron chi connectivity index (χ2n) is 9.55. The number of hydrogen-bond donors (Lipinski definition) is 1. The van der Waals surface area contributed by atoms with Crippen LogP contribution in [0.3, 0.4) is 0 Å². The first-order valence-corrected chi connectivity index (χ1v) is 15.0. The first-order chi connectivity index (χ1) is 19.7. The van der Waals surface area contributed by atoms with Gasteiger partial charge in [0.1, 0.15) is 38.7 Å². The SMILES string of the molecule is CCCOc1cc(F)c(Cn2nc(-c3ncc(CCS(C)(=O)=O)c(Nc4ccncc4)n3)c3ccccc32)c(F)c1. The van der Waals surface area contributed by atoms with E-state index >= 15 is 0 Å². The van der Waals surface area contributed by atoms with Gasteiger partial charge in [0.15, 0.2) is 5.82 Å². The van der Waals surface area contributed by atoms with Gasteiger partial charge >= 0.3 is 0 Å². The Hall–Kier alpha value is -4.45. The maximum absolute atomic E-state index is 15.0. The van der Waals surface area contributed by atoms with Crippen molar-refractivity contribution in [2.45, 2.75) is 26.3 Å². The van der Waals surface area contributed by atoms with Gasteiger partial charge in [-0.1, -0.05) is 25.1 Å². The highest BCUT2D eigenvalue weighted by molar-refractivity contribution is 7.90. The Kier molecular flexibility index (Phi) is 8.20. The van der Waals surface area contributed by atoms with Crippen LogP contribution in [0.15, 0.2) is 67.1 Å². The molecule has 0 fully saturated rings. The third kappa shape index (κ3) is 6.65. The second kappa shape index (κ2) is 12.0. The molecule has 5 aromatic rings. The monoisotopic (exact) mass is 578 g/mol. The van der Waals surface area contributed by atoms with E-state index in [1.165, 1.54) is 23.1 Å². The number of aryl methyl sites for hydroxylation is 1. The molecule has 0 aliphatic heterocycles. The predicted molar refractivity (Wildman–Crippen MR) is 153 cm³/mol. The van der Waals surface area contributed by atoms with E-state index in [-0.39, 0.29) is 35.9 Å². The van der Waals surface area contributed by atoms with Gasteiger partial charge in [0.05, 0.1) is 24.4 Å². The minimum Gasteiger partial charge on any atom is -0.493 e. The van der Waals surface area contributed by atoms with Gasteiger partial charge in [0.2, 0.25) is 0 Å². The summed E-state index contributed by atoms with van der Waals surface area (Å²) >= 11 is 0. The number of hydrogen-bond acceptors (Lipinski definition) is 8. The molecule has 0 saturated carbocycles. The molecule has 212 valence electrons. The topological polar surface area (TPSA) is 112 Å². The lowest BCUT2D eigenvalue weighted by Crippen LogP contribution is -2.10. The highest BCUT2D eigenvalue weighted by atomic mass is 32.2. The van der Waals surface area contributed by atoms with Gasteiger partial charge in [-0.25, -0.2) is 27.2 Å². The summed E-state index contributed by atoms with van der Waals surface area (Å²) in [5.74, 6) is -0.708. The molecule has 0 aliphatic carbocycles. The van der Waals surface area contributed by atoms with Gasteiger partial charge in [0, 0.05) is 59.2 Å². The average Bonchev–Trinajstić information content (AvgIpc) is 3.31. The fraction of sp³-hybridized carbons (Fsp3) is 0.241. The number of fused-ring (bicyclic) bond motifs is 1. The van der Waals surface area contributed by atoms with E-state index in [0.29, 0.717) is 46.7 Å². The summed E-state index contributed by atoms with van der Waals surface area (Å²) in [6.45, 7) is 2.10. The van der Waals surface area contributed by atoms with Crippen molar-refractivity contribution in [3.8, 4) is 17.3 Å². The summed E-state index contributed by atoms with van der Waals surface area (Å²) in [6.07, 6.45) is 6.91. The summed E-state index contributed by atoms with van der Waals surface area (Å²) < 4.78 is 60.5. The Morgan fingerprint density at radius 2 is 1.78 bits per heavy atom. The van der Waals surface area contributed by atoms with Crippen molar-refractivity contribution >= 4 is 32.2 Å². The van der Waals surface area contributed by atoms with Crippen LogP contribution in [0.5, 0.6) is 5.75 Å². The molecule has 0 radical (unpaired) electrons. The number of aromatic nitrogens is 5. The fourth-order valence-electron chi connectivity index (χ4n) is 4.28. The quantitative estimate of drug-likeness (QED) is 0.224. The first kappa shape index (κ1) is 28.1. The van der Waals surface area contributed by atoms with E-state index < -0.39 is 21.5 Å². The Morgan fingerprint density at radius 1 is 1.05 bits per heavy atom. The molecule has 0 amide bonds. The highest BCUT2D eigenvalue weighted by Gasteiger charge is 2.20. The molecule has 3 heterocycles. The molecule has 0 atom stereocenters. The molecule has 5 rings (SSSR count). The zero-order chi connectivity index (χ0) is 29.0. The van der Waals surface area contributed by atoms with Crippen molar-refractivity contribution in [2.24, 2.45) is 0 Å². The molecular formula is C29H28F2N6O3S. The number of sulfone groups is 1. The van der Waals surface area contributed by atoms with Gasteiger partial charge in [-0.2, -0.15) is 5.10 Å². The Morgan fingerprint density at radius 3 is 2.49 bits per heavy atom. The number of nitrogens with one attached hydrogen (secondary N) is 1. The number of pyridine rings is 1. The van der Waals surface area contributed by atoms with E-state index in [1.54, 1.807) is 36.8 Å². The van der Waals surface area contributed by atoms with E-state index in [2.05, 4.69) is 20.4 Å². The van der Waals surface area contributed by atoms with Gasteiger partial charge in [-0.15, -0.1) is 0 Å². The molecule has 2 aromatic carbocycles. The third-order valence-electron chi connectivity index (χ3n) is 6.31. The number of ether oxygens (including phenoxy) is 1. The molecule has 1 N–H and O–H groups in total. The standard InChI is InChI=1S/C29H28F2N6O3S/c1-3-13-40-21-15-24(30)23(25(31)16-21)18-37-26-7-5-4-6-22(26)27(36-37)29-33-17-19(10-14-41(2,38)39)28(35-29)34-20-8-11-32-12-9-20/h4-9,11-12,15-17H,3,10,13-14,18H2,1-2H3,(H,32,33,34,35). The lowest BCUT2D eigenvalue weighted by atomic mass is 10.1. The van der Waals surface area contributed by atoms with Crippen LogP contribution in [0.2, 0.25) is 0 Å². The summed E-state index contributed by atoms with van der Waals surface area (Å²) in [7, 11) is -3.22. The number of para-hydroxylation sites is 1. The molecule has 9 nitrogen and oxygen atoms in total. The molecule has 0 spiro atoms. The third-order valence-corrected chi connectivity index (χ3v) is 7.26. The summed E-state index contributed by atoms with van der Waals surface area (Å²) in [4.78, 5) is 13.2. The van der Waals surface area contributed by atoms with E-state index in [9.17, 15) is 17.2 Å². The van der Waals surface area contributed by atoms with Crippen molar-refractivity contribution in [3.05, 3.63) is 89.9 Å². The van der Waals surface area contributed by atoms with Crippen LogP contribution in [-0.4, -0.2) is 51.8 Å². The lowest BCUT2D eigenvalue weighted by molar-refractivity contribution is 0.313. The molecule has 0 unspecified atom stereocenters. The first-order valence-electron chi connectivity index (χ1n) is 13.0. The minimum absolute atomic E-state index is 0.0717. The lowest BCUT2D eigenvalue weighted by Gasteiger charge is -2.12. The zero-order valence-corrected chi connectivity index (χ0v) is 23.3. The van der Waals surface area contributed by atoms with Crippen molar-refractivity contribution < 1.29 is 21.9 Å². The van der Waals surface area contributed by atoms with Crippen LogP contribution in [0.1, 0.15) is 24.5 Å². The van der Waals surface area contributed by atoms with E-state index in [1.807, 2.05) is 25.1 Å². The maximum Gasteiger partial charge on any atom is 0.182 e. The Labute approximate surface area is 236 Å².